The van der Waals surface area contributed by atoms with Gasteiger partial charge in [-0.3, -0.25) is 4.99 Å². The van der Waals surface area contributed by atoms with E-state index >= 15 is 0 Å². The topological polar surface area (TPSA) is 25.9 Å². The molecule has 2 aliphatic rings. The minimum absolute atomic E-state index is 0.213. The molecule has 114 valence electrons. The number of ether oxygens (including phenoxy) is 1. The van der Waals surface area contributed by atoms with Crippen LogP contribution < -0.4 is 4.74 Å². The molecule has 3 nitrogen and oxygen atoms in total. The van der Waals surface area contributed by atoms with Gasteiger partial charge in [0.2, 0.25) is 0 Å². The maximum absolute atomic E-state index is 7.14. The van der Waals surface area contributed by atoms with E-state index in [1.165, 1.54) is 11.1 Å². The number of rotatable bonds is 0. The van der Waals surface area contributed by atoms with E-state index < -0.39 is 0 Å². The van der Waals surface area contributed by atoms with Crippen LogP contribution in [0.2, 0.25) is 5.02 Å². The molecule has 0 bridgehead atoms. The molecule has 1 spiro atoms. The zero-order chi connectivity index (χ0) is 15.9. The summed E-state index contributed by atoms with van der Waals surface area (Å²) in [6, 6.07) is 11.5. The molecule has 23 heavy (non-hydrogen) atoms. The van der Waals surface area contributed by atoms with Crippen LogP contribution in [0, 0.1) is 6.57 Å². The average Bonchev–Trinajstić information content (AvgIpc) is 2.75. The number of benzene rings is 2. The quantitative estimate of drug-likeness (QED) is 0.607. The van der Waals surface area contributed by atoms with E-state index in [1.807, 2.05) is 18.3 Å². The molecule has 0 N–H and O–H groups in total. The van der Waals surface area contributed by atoms with Crippen LogP contribution in [0.3, 0.4) is 0 Å². The van der Waals surface area contributed by atoms with Gasteiger partial charge in [-0.25, -0.2) is 4.85 Å². The highest BCUT2D eigenvalue weighted by atomic mass is 35.5. The van der Waals surface area contributed by atoms with Crippen LogP contribution in [-0.4, -0.2) is 12.8 Å². The predicted molar refractivity (Wildman–Crippen MR) is 92.4 cm³/mol. The van der Waals surface area contributed by atoms with Crippen molar-refractivity contribution in [2.45, 2.75) is 24.7 Å². The Labute approximate surface area is 140 Å². The Hall–Kier alpha value is -2.31. The molecule has 1 heterocycles. The van der Waals surface area contributed by atoms with Gasteiger partial charge in [-0.2, -0.15) is 0 Å². The number of nitrogens with zero attached hydrogens (tertiary/aromatic N) is 2. The van der Waals surface area contributed by atoms with Crippen molar-refractivity contribution < 1.29 is 4.74 Å². The number of aliphatic imine (C=N–C) groups is 1. The zero-order valence-corrected chi connectivity index (χ0v) is 13.3. The fourth-order valence-corrected chi connectivity index (χ4v) is 3.70. The lowest BCUT2D eigenvalue weighted by Gasteiger charge is -2.35. The maximum Gasteiger partial charge on any atom is 0.189 e. The van der Waals surface area contributed by atoms with Gasteiger partial charge in [0.15, 0.2) is 5.69 Å². The van der Waals surface area contributed by atoms with E-state index in [2.05, 4.69) is 22.0 Å². The molecular weight excluding hydrogens is 308 g/mol. The highest BCUT2D eigenvalue weighted by Gasteiger charge is 2.37. The van der Waals surface area contributed by atoms with Crippen LogP contribution in [0.4, 0.5) is 11.4 Å². The van der Waals surface area contributed by atoms with E-state index in [0.717, 1.165) is 35.7 Å². The Morgan fingerprint density at radius 1 is 1.22 bits per heavy atom. The standard InChI is InChI=1S/C19H15ClN2O/c1-21-15-5-7-18-17(10-15)22-11-19(12-23-18)8-2-3-13-9-14(20)4-6-16(13)19/h4-7,9-11H,2-3,8,12H2/t19-/m0/s1. The van der Waals surface area contributed by atoms with Crippen LogP contribution >= 0.6 is 11.6 Å². The van der Waals surface area contributed by atoms with Crippen molar-refractivity contribution in [1.82, 2.24) is 0 Å². The summed E-state index contributed by atoms with van der Waals surface area (Å²) >= 11 is 6.15. The zero-order valence-electron chi connectivity index (χ0n) is 12.6. The van der Waals surface area contributed by atoms with Gasteiger partial charge >= 0.3 is 0 Å². The maximum atomic E-state index is 7.14. The third kappa shape index (κ3) is 2.40. The molecular formula is C19H15ClN2O. The molecule has 0 aromatic heterocycles. The molecule has 1 aliphatic heterocycles. The van der Waals surface area contributed by atoms with Crippen molar-refractivity contribution in [3.8, 4) is 5.75 Å². The van der Waals surface area contributed by atoms with Gasteiger partial charge < -0.3 is 4.74 Å². The summed E-state index contributed by atoms with van der Waals surface area (Å²) in [6.45, 7) is 7.71. The van der Waals surface area contributed by atoms with Gasteiger partial charge in [0.25, 0.3) is 0 Å². The second kappa shape index (κ2) is 5.40. The summed E-state index contributed by atoms with van der Waals surface area (Å²) < 4.78 is 6.07. The summed E-state index contributed by atoms with van der Waals surface area (Å²) in [7, 11) is 0. The smallest absolute Gasteiger partial charge is 0.189 e. The molecule has 4 rings (SSSR count). The van der Waals surface area contributed by atoms with Crippen molar-refractivity contribution in [3.63, 3.8) is 0 Å². The summed E-state index contributed by atoms with van der Waals surface area (Å²) in [4.78, 5) is 8.13. The number of halogens is 1. The van der Waals surface area contributed by atoms with E-state index in [4.69, 9.17) is 22.9 Å². The molecule has 4 heteroatoms. The van der Waals surface area contributed by atoms with Crippen molar-refractivity contribution in [3.05, 3.63) is 64.0 Å². The van der Waals surface area contributed by atoms with Gasteiger partial charge in [-0.1, -0.05) is 23.7 Å². The molecule has 1 atom stereocenters. The Morgan fingerprint density at radius 2 is 2.13 bits per heavy atom. The first-order valence-corrected chi connectivity index (χ1v) is 8.06. The number of aryl methyl sites for hydroxylation is 1. The van der Waals surface area contributed by atoms with Crippen molar-refractivity contribution in [2.24, 2.45) is 4.99 Å². The van der Waals surface area contributed by atoms with Gasteiger partial charge in [0, 0.05) is 11.2 Å². The lowest BCUT2D eigenvalue weighted by Crippen LogP contribution is -2.38. The molecule has 2 aromatic carbocycles. The lowest BCUT2D eigenvalue weighted by molar-refractivity contribution is 0.249. The minimum Gasteiger partial charge on any atom is -0.490 e. The van der Waals surface area contributed by atoms with E-state index in [0.29, 0.717) is 12.3 Å². The Bertz CT molecular complexity index is 853. The molecule has 2 aromatic rings. The molecule has 0 fully saturated rings. The highest BCUT2D eigenvalue weighted by molar-refractivity contribution is 6.30. The molecule has 0 radical (unpaired) electrons. The predicted octanol–water partition coefficient (Wildman–Crippen LogP) is 5.26. The number of fused-ring (bicyclic) bond motifs is 3. The van der Waals surface area contributed by atoms with E-state index in [1.54, 1.807) is 12.1 Å². The molecule has 0 saturated carbocycles. The Morgan fingerprint density at radius 3 is 3.00 bits per heavy atom. The van der Waals surface area contributed by atoms with Crippen LogP contribution in [0.25, 0.3) is 4.85 Å². The van der Waals surface area contributed by atoms with E-state index in [-0.39, 0.29) is 5.41 Å². The van der Waals surface area contributed by atoms with Gasteiger partial charge in [-0.05, 0) is 54.7 Å². The number of hydrogen-bond donors (Lipinski definition) is 0. The first-order chi connectivity index (χ1) is 11.2. The second-order valence-electron chi connectivity index (χ2n) is 6.12. The van der Waals surface area contributed by atoms with Crippen molar-refractivity contribution in [1.29, 1.82) is 0 Å². The van der Waals surface area contributed by atoms with Gasteiger partial charge in [0.1, 0.15) is 12.4 Å². The van der Waals surface area contributed by atoms with Crippen LogP contribution in [0.5, 0.6) is 5.75 Å². The van der Waals surface area contributed by atoms with Gasteiger partial charge in [0.05, 0.1) is 17.7 Å². The van der Waals surface area contributed by atoms with Crippen molar-refractivity contribution in [2.75, 3.05) is 6.61 Å². The molecule has 0 amide bonds. The highest BCUT2D eigenvalue weighted by Crippen LogP contribution is 2.42. The summed E-state index contributed by atoms with van der Waals surface area (Å²) in [5.74, 6) is 0.742. The largest absolute Gasteiger partial charge is 0.490 e. The molecule has 0 saturated heterocycles. The van der Waals surface area contributed by atoms with Crippen molar-refractivity contribution >= 4 is 29.2 Å². The number of hydrogen-bond acceptors (Lipinski definition) is 2. The monoisotopic (exact) mass is 322 g/mol. The summed E-state index contributed by atoms with van der Waals surface area (Å²) in [6.07, 6.45) is 5.15. The Balaban J connectivity index is 1.80. The third-order valence-corrected chi connectivity index (χ3v) is 4.92. The van der Waals surface area contributed by atoms with Crippen LogP contribution in [-0.2, 0) is 11.8 Å². The van der Waals surface area contributed by atoms with Gasteiger partial charge in [-0.15, -0.1) is 0 Å². The molecule has 0 unspecified atom stereocenters. The third-order valence-electron chi connectivity index (χ3n) is 4.68. The van der Waals surface area contributed by atoms with Crippen LogP contribution in [0.15, 0.2) is 41.4 Å². The first-order valence-electron chi connectivity index (χ1n) is 7.69. The second-order valence-corrected chi connectivity index (χ2v) is 6.56. The summed E-state index contributed by atoms with van der Waals surface area (Å²) in [5.41, 5.74) is 3.64. The summed E-state index contributed by atoms with van der Waals surface area (Å²) in [5, 5.41) is 0.775. The SMILES string of the molecule is [C-]#[N+]c1ccc2c(c1)N=C[C@@]1(CCCc3cc(Cl)ccc31)CO2. The minimum atomic E-state index is -0.213. The average molecular weight is 323 g/mol. The first kappa shape index (κ1) is 14.3. The van der Waals surface area contributed by atoms with Crippen LogP contribution in [0.1, 0.15) is 24.0 Å². The Kier molecular flexibility index (Phi) is 3.36. The normalized spacial score (nSPS) is 21.7. The molecule has 1 aliphatic carbocycles. The van der Waals surface area contributed by atoms with E-state index in [9.17, 15) is 0 Å². The fourth-order valence-electron chi connectivity index (χ4n) is 3.50. The fraction of sp³-hybridized carbons (Fsp3) is 0.263. The lowest BCUT2D eigenvalue weighted by atomic mass is 9.71.